The number of halogens is 1. The number of esters is 1. The van der Waals surface area contributed by atoms with Crippen LogP contribution in [-0.4, -0.2) is 55.0 Å². The van der Waals surface area contributed by atoms with E-state index >= 15 is 0 Å². The molecule has 3 N–H and O–H groups in total. The van der Waals surface area contributed by atoms with Crippen molar-refractivity contribution >= 4 is 30.2 Å². The molecule has 0 aromatic rings. The minimum absolute atomic E-state index is 0. The van der Waals surface area contributed by atoms with Crippen LogP contribution in [0.5, 0.6) is 0 Å². The van der Waals surface area contributed by atoms with Gasteiger partial charge in [-0.15, -0.1) is 12.4 Å². The fraction of sp³-hybridized carbons (Fsp3) is 0.800. The summed E-state index contributed by atoms with van der Waals surface area (Å²) < 4.78 is 5.00. The molecule has 0 aliphatic carbocycles. The Balaban J connectivity index is 0.00000484. The molecule has 2 amide bonds. The number of rotatable bonds is 6. The minimum atomic E-state index is -0.624. The fourth-order valence-corrected chi connectivity index (χ4v) is 2.35. The van der Waals surface area contributed by atoms with Crippen molar-refractivity contribution in [2.45, 2.75) is 39.7 Å². The van der Waals surface area contributed by atoms with Crippen molar-refractivity contribution in [1.82, 2.24) is 10.2 Å². The van der Waals surface area contributed by atoms with Gasteiger partial charge >= 0.3 is 5.97 Å². The van der Waals surface area contributed by atoms with Crippen LogP contribution < -0.4 is 11.1 Å². The average Bonchev–Trinajstić information content (AvgIpc) is 2.51. The molecule has 0 aromatic heterocycles. The highest BCUT2D eigenvalue weighted by molar-refractivity contribution is 5.87. The van der Waals surface area contributed by atoms with Crippen LogP contribution in [0.15, 0.2) is 0 Å². The Bertz CT molecular complexity index is 418. The lowest BCUT2D eigenvalue weighted by Crippen LogP contribution is -2.50. The molecule has 1 saturated heterocycles. The first kappa shape index (κ1) is 21.7. The summed E-state index contributed by atoms with van der Waals surface area (Å²) in [7, 11) is 0. The molecule has 7 nitrogen and oxygen atoms in total. The molecule has 0 saturated carbocycles. The molecule has 1 fully saturated rings. The first-order valence-electron chi connectivity index (χ1n) is 7.84. The second kappa shape index (κ2) is 10.4. The summed E-state index contributed by atoms with van der Waals surface area (Å²) in [5.74, 6) is -1.05. The van der Waals surface area contributed by atoms with Crippen LogP contribution in [0.1, 0.15) is 33.6 Å². The Hall–Kier alpha value is -1.34. The van der Waals surface area contributed by atoms with Crippen molar-refractivity contribution in [3.8, 4) is 0 Å². The Kier molecular flexibility index (Phi) is 9.83. The molecule has 2 atom stereocenters. The molecular weight excluding hydrogens is 322 g/mol. The summed E-state index contributed by atoms with van der Waals surface area (Å²) in [6.45, 7) is 6.66. The molecule has 1 unspecified atom stereocenters. The van der Waals surface area contributed by atoms with E-state index in [0.29, 0.717) is 19.7 Å². The molecule has 0 radical (unpaired) electrons. The fourth-order valence-electron chi connectivity index (χ4n) is 2.35. The normalized spacial score (nSPS) is 18.8. The molecular formula is C15H28ClN3O4. The van der Waals surface area contributed by atoms with E-state index in [-0.39, 0.29) is 48.6 Å². The molecule has 23 heavy (non-hydrogen) atoms. The third-order valence-electron chi connectivity index (χ3n) is 3.83. The lowest BCUT2D eigenvalue weighted by molar-refractivity contribution is -0.151. The number of nitrogens with two attached hydrogens (primary N) is 1. The van der Waals surface area contributed by atoms with E-state index in [1.807, 2.05) is 13.8 Å². The molecule has 8 heteroatoms. The van der Waals surface area contributed by atoms with Gasteiger partial charge in [0.2, 0.25) is 11.8 Å². The van der Waals surface area contributed by atoms with Crippen LogP contribution in [0, 0.1) is 11.8 Å². The number of ether oxygens (including phenoxy) is 1. The third-order valence-corrected chi connectivity index (χ3v) is 3.83. The quantitative estimate of drug-likeness (QED) is 0.672. The van der Waals surface area contributed by atoms with E-state index in [0.717, 1.165) is 12.8 Å². The summed E-state index contributed by atoms with van der Waals surface area (Å²) in [6, 6.07) is -0.624. The van der Waals surface area contributed by atoms with Crippen molar-refractivity contribution < 1.29 is 19.1 Å². The maximum absolute atomic E-state index is 12.1. The zero-order valence-corrected chi connectivity index (χ0v) is 14.9. The van der Waals surface area contributed by atoms with Crippen LogP contribution >= 0.6 is 12.4 Å². The van der Waals surface area contributed by atoms with E-state index in [1.165, 1.54) is 0 Å². The summed E-state index contributed by atoms with van der Waals surface area (Å²) in [5, 5.41) is 2.56. The Labute approximate surface area is 143 Å². The number of carbonyl (C=O) groups excluding carboxylic acids is 3. The summed E-state index contributed by atoms with van der Waals surface area (Å²) in [6.07, 6.45) is 1.49. The first-order chi connectivity index (χ1) is 10.4. The van der Waals surface area contributed by atoms with Crippen molar-refractivity contribution in [3.05, 3.63) is 0 Å². The number of carbonyl (C=O) groups is 3. The lowest BCUT2D eigenvalue weighted by Gasteiger charge is -2.31. The SMILES string of the molecule is CCOC(=O)C1CCCN(C(=O)CNC(=O)[C@@H](N)C(C)C)C1.Cl. The average molecular weight is 350 g/mol. The molecule has 134 valence electrons. The third kappa shape index (κ3) is 6.74. The largest absolute Gasteiger partial charge is 0.466 e. The van der Waals surface area contributed by atoms with Crippen LogP contribution in [0.4, 0.5) is 0 Å². The summed E-state index contributed by atoms with van der Waals surface area (Å²) >= 11 is 0. The predicted octanol–water partition coefficient (Wildman–Crippen LogP) is 0.309. The van der Waals surface area contributed by atoms with Crippen LogP contribution in [0.25, 0.3) is 0 Å². The number of nitrogens with one attached hydrogen (secondary N) is 1. The minimum Gasteiger partial charge on any atom is -0.466 e. The van der Waals surface area contributed by atoms with Gasteiger partial charge in [-0.2, -0.15) is 0 Å². The van der Waals surface area contributed by atoms with Crippen LogP contribution in [-0.2, 0) is 19.1 Å². The molecule has 1 heterocycles. The summed E-state index contributed by atoms with van der Waals surface area (Å²) in [4.78, 5) is 37.2. The molecule has 1 aliphatic rings. The maximum Gasteiger partial charge on any atom is 0.310 e. The van der Waals surface area contributed by atoms with Gasteiger partial charge in [0.1, 0.15) is 0 Å². The molecule has 1 aliphatic heterocycles. The Morgan fingerprint density at radius 1 is 1.35 bits per heavy atom. The highest BCUT2D eigenvalue weighted by atomic mass is 35.5. The highest BCUT2D eigenvalue weighted by Crippen LogP contribution is 2.17. The lowest BCUT2D eigenvalue weighted by atomic mass is 9.98. The van der Waals surface area contributed by atoms with Gasteiger partial charge < -0.3 is 20.7 Å². The van der Waals surface area contributed by atoms with Crippen molar-refractivity contribution in [3.63, 3.8) is 0 Å². The monoisotopic (exact) mass is 349 g/mol. The molecule has 1 rings (SSSR count). The molecule has 0 aromatic carbocycles. The van der Waals surface area contributed by atoms with E-state index < -0.39 is 6.04 Å². The first-order valence-corrected chi connectivity index (χ1v) is 7.84. The Morgan fingerprint density at radius 3 is 2.57 bits per heavy atom. The van der Waals surface area contributed by atoms with E-state index in [4.69, 9.17) is 10.5 Å². The van der Waals surface area contributed by atoms with Crippen LogP contribution in [0.2, 0.25) is 0 Å². The van der Waals surface area contributed by atoms with Crippen molar-refractivity contribution in [2.24, 2.45) is 17.6 Å². The van der Waals surface area contributed by atoms with Gasteiger partial charge in [-0.1, -0.05) is 13.8 Å². The smallest absolute Gasteiger partial charge is 0.310 e. The van der Waals surface area contributed by atoms with E-state index in [2.05, 4.69) is 5.32 Å². The highest BCUT2D eigenvalue weighted by Gasteiger charge is 2.29. The van der Waals surface area contributed by atoms with E-state index in [9.17, 15) is 14.4 Å². The number of likely N-dealkylation sites (tertiary alicyclic amines) is 1. The van der Waals surface area contributed by atoms with Crippen LogP contribution in [0.3, 0.4) is 0 Å². The molecule has 0 bridgehead atoms. The van der Waals surface area contributed by atoms with Gasteiger partial charge in [0.05, 0.1) is 25.1 Å². The standard InChI is InChI=1S/C15H27N3O4.ClH/c1-4-22-15(21)11-6-5-7-18(9-11)12(19)8-17-14(20)13(16)10(2)3;/h10-11,13H,4-9,16H2,1-3H3,(H,17,20);1H/t11?,13-;/m0./s1. The van der Waals surface area contributed by atoms with Crippen molar-refractivity contribution in [2.75, 3.05) is 26.2 Å². The van der Waals surface area contributed by atoms with Gasteiger partial charge in [0, 0.05) is 13.1 Å². The zero-order valence-electron chi connectivity index (χ0n) is 14.0. The van der Waals surface area contributed by atoms with Gasteiger partial charge in [-0.25, -0.2) is 0 Å². The number of hydrogen-bond acceptors (Lipinski definition) is 5. The van der Waals surface area contributed by atoms with Gasteiger partial charge in [-0.3, -0.25) is 14.4 Å². The second-order valence-electron chi connectivity index (χ2n) is 5.92. The van der Waals surface area contributed by atoms with Gasteiger partial charge in [0.15, 0.2) is 0 Å². The zero-order chi connectivity index (χ0) is 16.7. The van der Waals surface area contributed by atoms with Gasteiger partial charge in [0.25, 0.3) is 0 Å². The topological polar surface area (TPSA) is 102 Å². The van der Waals surface area contributed by atoms with E-state index in [1.54, 1.807) is 11.8 Å². The number of piperidine rings is 1. The number of nitrogens with zero attached hydrogens (tertiary/aromatic N) is 1. The predicted molar refractivity (Wildman–Crippen MR) is 89.0 cm³/mol. The number of hydrogen-bond donors (Lipinski definition) is 2. The molecule has 0 spiro atoms. The second-order valence-corrected chi connectivity index (χ2v) is 5.92. The maximum atomic E-state index is 12.1. The van der Waals surface area contributed by atoms with Crippen molar-refractivity contribution in [1.29, 1.82) is 0 Å². The Morgan fingerprint density at radius 2 is 2.00 bits per heavy atom. The number of amides is 2. The summed E-state index contributed by atoms with van der Waals surface area (Å²) in [5.41, 5.74) is 5.72. The van der Waals surface area contributed by atoms with Gasteiger partial charge in [-0.05, 0) is 25.7 Å².